The number of hydrogen-bond acceptors (Lipinski definition) is 7. The molecular weight excluding hydrogens is 392 g/mol. The summed E-state index contributed by atoms with van der Waals surface area (Å²) in [7, 11) is 0. The first-order chi connectivity index (χ1) is 15.2. The number of anilines is 1. The van der Waals surface area contributed by atoms with Crippen LogP contribution in [0.15, 0.2) is 66.8 Å². The Hall–Kier alpha value is -3.71. The summed E-state index contributed by atoms with van der Waals surface area (Å²) in [6.45, 7) is 3.86. The number of carbonyl (C=O) groups excluding carboxylic acids is 1. The van der Waals surface area contributed by atoms with Crippen molar-refractivity contribution in [2.75, 3.05) is 31.1 Å². The standard InChI is InChI=1S/C24H22N4O3/c29-20-7-6-18-23(30)21(14-17-4-3-8-25-15-17)31-24(18)19(20)16-27-10-12-28(13-11-27)22-5-1-2-9-26-22/h1-9,14-15,29H,10-13,16H2/b21-14-. The number of allylic oxidation sites excluding steroid dienone is 1. The van der Waals surface area contributed by atoms with Crippen molar-refractivity contribution in [1.82, 2.24) is 14.9 Å². The van der Waals surface area contributed by atoms with Gasteiger partial charge in [0.1, 0.15) is 17.3 Å². The Morgan fingerprint density at radius 1 is 1.03 bits per heavy atom. The SMILES string of the molecule is O=C1/C(=C/c2cccnc2)Oc2c1ccc(O)c2CN1CCN(c2ccccn2)CC1. The summed E-state index contributed by atoms with van der Waals surface area (Å²) in [6, 6.07) is 12.8. The van der Waals surface area contributed by atoms with E-state index in [1.54, 1.807) is 42.9 Å². The molecular formula is C24H22N4O3. The first kappa shape index (κ1) is 19.3. The van der Waals surface area contributed by atoms with Gasteiger partial charge >= 0.3 is 0 Å². The smallest absolute Gasteiger partial charge is 0.231 e. The lowest BCUT2D eigenvalue weighted by atomic mass is 10.0. The Kier molecular flexibility index (Phi) is 5.09. The van der Waals surface area contributed by atoms with Crippen LogP contribution >= 0.6 is 0 Å². The second-order valence-electron chi connectivity index (χ2n) is 7.62. The quantitative estimate of drug-likeness (QED) is 0.657. The molecule has 0 aliphatic carbocycles. The van der Waals surface area contributed by atoms with Crippen molar-refractivity contribution in [2.45, 2.75) is 6.54 Å². The molecule has 0 amide bonds. The van der Waals surface area contributed by atoms with E-state index in [0.717, 1.165) is 37.6 Å². The molecule has 4 heterocycles. The van der Waals surface area contributed by atoms with Crippen LogP contribution in [0, 0.1) is 0 Å². The fourth-order valence-corrected chi connectivity index (χ4v) is 3.96. The van der Waals surface area contributed by atoms with Crippen molar-refractivity contribution in [2.24, 2.45) is 0 Å². The molecule has 1 fully saturated rings. The van der Waals surface area contributed by atoms with E-state index in [2.05, 4.69) is 19.8 Å². The van der Waals surface area contributed by atoms with Gasteiger partial charge in [0.05, 0.1) is 11.1 Å². The Bertz CT molecular complexity index is 1120. The topological polar surface area (TPSA) is 78.8 Å². The zero-order valence-corrected chi connectivity index (χ0v) is 16.9. The largest absolute Gasteiger partial charge is 0.507 e. The number of pyridine rings is 2. The van der Waals surface area contributed by atoms with E-state index < -0.39 is 0 Å². The molecule has 2 aliphatic heterocycles. The second kappa shape index (κ2) is 8.20. The van der Waals surface area contributed by atoms with Crippen LogP contribution in [0.2, 0.25) is 0 Å². The van der Waals surface area contributed by atoms with Crippen LogP contribution < -0.4 is 9.64 Å². The van der Waals surface area contributed by atoms with Crippen molar-refractivity contribution in [1.29, 1.82) is 0 Å². The van der Waals surface area contributed by atoms with Crippen LogP contribution in [0.3, 0.4) is 0 Å². The molecule has 156 valence electrons. The average Bonchev–Trinajstić information content (AvgIpc) is 3.13. The van der Waals surface area contributed by atoms with Crippen LogP contribution in [0.1, 0.15) is 21.5 Å². The Labute approximate surface area is 180 Å². The number of phenolic OH excluding ortho intramolecular Hbond substituents is 1. The summed E-state index contributed by atoms with van der Waals surface area (Å²) < 4.78 is 5.94. The molecule has 1 saturated heterocycles. The van der Waals surface area contributed by atoms with Gasteiger partial charge in [0.15, 0.2) is 5.76 Å². The monoisotopic (exact) mass is 414 g/mol. The van der Waals surface area contributed by atoms with Gasteiger partial charge < -0.3 is 14.7 Å². The highest BCUT2D eigenvalue weighted by Gasteiger charge is 2.32. The minimum absolute atomic E-state index is 0.140. The first-order valence-electron chi connectivity index (χ1n) is 10.3. The third kappa shape index (κ3) is 3.87. The number of aromatic nitrogens is 2. The minimum Gasteiger partial charge on any atom is -0.507 e. The van der Waals surface area contributed by atoms with Gasteiger partial charge in [-0.25, -0.2) is 4.98 Å². The minimum atomic E-state index is -0.180. The van der Waals surface area contributed by atoms with E-state index >= 15 is 0 Å². The van der Waals surface area contributed by atoms with Crippen molar-refractivity contribution in [3.8, 4) is 11.5 Å². The molecule has 7 nitrogen and oxygen atoms in total. The summed E-state index contributed by atoms with van der Waals surface area (Å²) >= 11 is 0. The lowest BCUT2D eigenvalue weighted by Gasteiger charge is -2.35. The number of phenols is 1. The van der Waals surface area contributed by atoms with Gasteiger partial charge in [0.2, 0.25) is 5.78 Å². The van der Waals surface area contributed by atoms with Crippen molar-refractivity contribution < 1.29 is 14.6 Å². The highest BCUT2D eigenvalue weighted by molar-refractivity contribution is 6.14. The fourth-order valence-electron chi connectivity index (χ4n) is 3.96. The molecule has 1 aromatic carbocycles. The molecule has 2 aliphatic rings. The Morgan fingerprint density at radius 3 is 2.65 bits per heavy atom. The third-order valence-corrected chi connectivity index (χ3v) is 5.63. The summed E-state index contributed by atoms with van der Waals surface area (Å²) in [6.07, 6.45) is 6.84. The zero-order chi connectivity index (χ0) is 21.2. The van der Waals surface area contributed by atoms with Gasteiger partial charge in [0, 0.05) is 51.3 Å². The average molecular weight is 414 g/mol. The molecule has 0 spiro atoms. The number of ketones is 1. The van der Waals surface area contributed by atoms with Crippen molar-refractivity contribution in [3.63, 3.8) is 0 Å². The van der Waals surface area contributed by atoms with Gasteiger partial charge in [-0.2, -0.15) is 0 Å². The van der Waals surface area contributed by atoms with Gasteiger partial charge in [-0.05, 0) is 42.0 Å². The number of rotatable bonds is 4. The van der Waals surface area contributed by atoms with E-state index in [1.165, 1.54) is 0 Å². The number of nitrogens with zero attached hydrogens (tertiary/aromatic N) is 4. The molecule has 0 saturated carbocycles. The molecule has 0 atom stereocenters. The number of benzene rings is 1. The molecule has 2 aromatic heterocycles. The van der Waals surface area contributed by atoms with Gasteiger partial charge in [-0.3, -0.25) is 14.7 Å². The molecule has 1 N–H and O–H groups in total. The normalized spacial score (nSPS) is 17.6. The molecule has 7 heteroatoms. The van der Waals surface area contributed by atoms with Crippen LogP contribution in [-0.2, 0) is 6.54 Å². The van der Waals surface area contributed by atoms with Crippen LogP contribution in [0.25, 0.3) is 6.08 Å². The maximum absolute atomic E-state index is 12.8. The summed E-state index contributed by atoms with van der Waals surface area (Å²) in [4.78, 5) is 25.8. The van der Waals surface area contributed by atoms with Gasteiger partial charge in [-0.15, -0.1) is 0 Å². The molecule has 0 unspecified atom stereocenters. The Balaban J connectivity index is 1.33. The van der Waals surface area contributed by atoms with Crippen LogP contribution in [0.5, 0.6) is 11.5 Å². The van der Waals surface area contributed by atoms with E-state index in [-0.39, 0.29) is 17.3 Å². The maximum Gasteiger partial charge on any atom is 0.231 e. The zero-order valence-electron chi connectivity index (χ0n) is 16.9. The van der Waals surface area contributed by atoms with Gasteiger partial charge in [-0.1, -0.05) is 12.1 Å². The maximum atomic E-state index is 12.8. The van der Waals surface area contributed by atoms with Crippen LogP contribution in [0.4, 0.5) is 5.82 Å². The van der Waals surface area contributed by atoms with Crippen LogP contribution in [-0.4, -0.2) is 51.9 Å². The highest BCUT2D eigenvalue weighted by atomic mass is 16.5. The third-order valence-electron chi connectivity index (χ3n) is 5.63. The van der Waals surface area contributed by atoms with Crippen molar-refractivity contribution >= 4 is 17.7 Å². The molecule has 3 aromatic rings. The van der Waals surface area contributed by atoms with E-state index in [0.29, 0.717) is 23.4 Å². The number of fused-ring (bicyclic) bond motifs is 1. The number of aromatic hydroxyl groups is 1. The summed E-state index contributed by atoms with van der Waals surface area (Å²) in [5.41, 5.74) is 1.91. The van der Waals surface area contributed by atoms with Gasteiger partial charge in [0.25, 0.3) is 0 Å². The molecule has 0 radical (unpaired) electrons. The highest BCUT2D eigenvalue weighted by Crippen LogP contribution is 2.40. The van der Waals surface area contributed by atoms with Crippen molar-refractivity contribution in [3.05, 3.63) is 83.5 Å². The van der Waals surface area contributed by atoms with E-state index in [1.807, 2.05) is 24.3 Å². The lowest BCUT2D eigenvalue weighted by molar-refractivity contribution is 0.101. The molecule has 5 rings (SSSR count). The number of Topliss-reactive ketones (excluding diaryl/α,β-unsaturated/α-hetero) is 1. The summed E-state index contributed by atoms with van der Waals surface area (Å²) in [5.74, 6) is 1.63. The number of ether oxygens (including phenoxy) is 1. The second-order valence-corrected chi connectivity index (χ2v) is 7.62. The van der Waals surface area contributed by atoms with E-state index in [4.69, 9.17) is 4.74 Å². The van der Waals surface area contributed by atoms with E-state index in [9.17, 15) is 9.90 Å². The first-order valence-corrected chi connectivity index (χ1v) is 10.3. The summed E-state index contributed by atoms with van der Waals surface area (Å²) in [5, 5.41) is 10.5. The Morgan fingerprint density at radius 2 is 1.90 bits per heavy atom. The number of hydrogen-bond donors (Lipinski definition) is 1. The molecule has 0 bridgehead atoms. The number of carbonyl (C=O) groups is 1. The lowest BCUT2D eigenvalue weighted by Crippen LogP contribution is -2.46. The predicted octanol–water partition coefficient (Wildman–Crippen LogP) is 3.12. The number of piperazine rings is 1. The molecule has 31 heavy (non-hydrogen) atoms. The fraction of sp³-hybridized carbons (Fsp3) is 0.208. The predicted molar refractivity (Wildman–Crippen MR) is 117 cm³/mol.